The third-order valence-corrected chi connectivity index (χ3v) is 2.83. The predicted octanol–water partition coefficient (Wildman–Crippen LogP) is 1.76. The highest BCUT2D eigenvalue weighted by atomic mass is 16.5. The predicted molar refractivity (Wildman–Crippen MR) is 71.9 cm³/mol. The Morgan fingerprint density at radius 1 is 1.53 bits per heavy atom. The molecule has 0 aliphatic rings. The van der Waals surface area contributed by atoms with E-state index in [1.54, 1.807) is 20.9 Å². The number of carbonyl (C=O) groups excluding carboxylic acids is 1. The molecule has 1 rings (SSSR count). The fourth-order valence-electron chi connectivity index (χ4n) is 2.13. The molecule has 19 heavy (non-hydrogen) atoms. The Balaban J connectivity index is 2.67. The molecule has 6 nitrogen and oxygen atoms in total. The first-order chi connectivity index (χ1) is 8.61. The largest absolute Gasteiger partial charge is 0.389 e. The van der Waals surface area contributed by atoms with Gasteiger partial charge in [0, 0.05) is 12.6 Å². The van der Waals surface area contributed by atoms with E-state index in [9.17, 15) is 9.90 Å². The van der Waals surface area contributed by atoms with Gasteiger partial charge in [0.15, 0.2) is 0 Å². The summed E-state index contributed by atoms with van der Waals surface area (Å²) in [6, 6.07) is -0.433. The third kappa shape index (κ3) is 4.24. The maximum Gasteiger partial charge on any atom is 0.317 e. The van der Waals surface area contributed by atoms with Crippen molar-refractivity contribution < 1.29 is 14.4 Å². The lowest BCUT2D eigenvalue weighted by Gasteiger charge is -2.27. The molecule has 0 fully saturated rings. The lowest BCUT2D eigenvalue weighted by atomic mass is 10.1. The fraction of sp³-hybridized carbons (Fsp3) is 0.692. The Hall–Kier alpha value is -1.56. The Labute approximate surface area is 113 Å². The highest BCUT2D eigenvalue weighted by Crippen LogP contribution is 2.21. The molecule has 1 aromatic rings. The summed E-state index contributed by atoms with van der Waals surface area (Å²) in [5, 5.41) is 16.4. The average Bonchev–Trinajstić information content (AvgIpc) is 2.55. The zero-order chi connectivity index (χ0) is 14.8. The summed E-state index contributed by atoms with van der Waals surface area (Å²) in [4.78, 5) is 13.5. The van der Waals surface area contributed by atoms with Gasteiger partial charge >= 0.3 is 6.03 Å². The minimum atomic E-state index is -0.918. The molecule has 6 heteroatoms. The van der Waals surface area contributed by atoms with Crippen LogP contribution in [0.4, 0.5) is 4.79 Å². The summed E-state index contributed by atoms with van der Waals surface area (Å²) in [7, 11) is 1.65. The molecule has 0 radical (unpaired) electrons. The van der Waals surface area contributed by atoms with Gasteiger partial charge in [-0.1, -0.05) is 5.16 Å². The first kappa shape index (κ1) is 15.5. The molecule has 1 aromatic heterocycles. The maximum absolute atomic E-state index is 12.0. The van der Waals surface area contributed by atoms with Gasteiger partial charge in [0.1, 0.15) is 5.76 Å². The smallest absolute Gasteiger partial charge is 0.317 e. The molecular weight excluding hydrogens is 246 g/mol. The Kier molecular flexibility index (Phi) is 4.57. The molecule has 0 aliphatic heterocycles. The Morgan fingerprint density at radius 2 is 2.11 bits per heavy atom. The molecule has 1 unspecified atom stereocenters. The van der Waals surface area contributed by atoms with Crippen LogP contribution in [0.5, 0.6) is 0 Å². The SMILES string of the molecule is Cc1noc(C)c1C(C)NC(=O)N(C)CC(C)(C)O. The molecule has 1 heterocycles. The van der Waals surface area contributed by atoms with Crippen LogP contribution in [-0.4, -0.2) is 40.4 Å². The summed E-state index contributed by atoms with van der Waals surface area (Å²) < 4.78 is 5.08. The number of hydrogen-bond donors (Lipinski definition) is 2. The van der Waals surface area contributed by atoms with Crippen LogP contribution in [0.1, 0.15) is 43.8 Å². The first-order valence-corrected chi connectivity index (χ1v) is 6.28. The average molecular weight is 269 g/mol. The second-order valence-corrected chi connectivity index (χ2v) is 5.58. The lowest BCUT2D eigenvalue weighted by molar-refractivity contribution is 0.0528. The zero-order valence-corrected chi connectivity index (χ0v) is 12.4. The monoisotopic (exact) mass is 269 g/mol. The van der Waals surface area contributed by atoms with Gasteiger partial charge in [-0.15, -0.1) is 0 Å². The van der Waals surface area contributed by atoms with Crippen molar-refractivity contribution in [2.24, 2.45) is 0 Å². The van der Waals surface area contributed by atoms with Gasteiger partial charge in [-0.05, 0) is 34.6 Å². The summed E-state index contributed by atoms with van der Waals surface area (Å²) in [5.74, 6) is 0.704. The van der Waals surface area contributed by atoms with E-state index in [1.807, 2.05) is 20.8 Å². The number of urea groups is 1. The van der Waals surface area contributed by atoms with Crippen molar-refractivity contribution in [3.8, 4) is 0 Å². The standard InChI is InChI=1S/C13H23N3O3/c1-8(11-9(2)15-19-10(11)3)14-12(17)16(6)7-13(4,5)18/h8,18H,7H2,1-6H3,(H,14,17). The van der Waals surface area contributed by atoms with E-state index in [1.165, 1.54) is 4.90 Å². The number of likely N-dealkylation sites (N-methyl/N-ethyl adjacent to an activating group) is 1. The van der Waals surface area contributed by atoms with E-state index in [2.05, 4.69) is 10.5 Å². The van der Waals surface area contributed by atoms with Crippen LogP contribution in [0.2, 0.25) is 0 Å². The minimum Gasteiger partial charge on any atom is -0.389 e. The van der Waals surface area contributed by atoms with Gasteiger partial charge in [0.05, 0.1) is 23.9 Å². The van der Waals surface area contributed by atoms with Crippen molar-refractivity contribution in [3.63, 3.8) is 0 Å². The lowest BCUT2D eigenvalue weighted by Crippen LogP contribution is -2.45. The normalized spacial score (nSPS) is 13.2. The van der Waals surface area contributed by atoms with Gasteiger partial charge < -0.3 is 19.8 Å². The number of nitrogens with one attached hydrogen (secondary N) is 1. The van der Waals surface area contributed by atoms with Crippen molar-refractivity contribution in [1.29, 1.82) is 0 Å². The number of aromatic nitrogens is 1. The second kappa shape index (κ2) is 5.61. The fourth-order valence-corrected chi connectivity index (χ4v) is 2.13. The van der Waals surface area contributed by atoms with Gasteiger partial charge in [0.2, 0.25) is 0 Å². The third-order valence-electron chi connectivity index (χ3n) is 2.83. The second-order valence-electron chi connectivity index (χ2n) is 5.58. The summed E-state index contributed by atoms with van der Waals surface area (Å²) >= 11 is 0. The van der Waals surface area contributed by atoms with Crippen molar-refractivity contribution in [1.82, 2.24) is 15.4 Å². The van der Waals surface area contributed by atoms with Crippen LogP contribution < -0.4 is 5.32 Å². The molecule has 2 amide bonds. The number of carbonyl (C=O) groups is 1. The van der Waals surface area contributed by atoms with Crippen LogP contribution in [0.15, 0.2) is 4.52 Å². The van der Waals surface area contributed by atoms with E-state index in [4.69, 9.17) is 4.52 Å². The van der Waals surface area contributed by atoms with Crippen LogP contribution in [-0.2, 0) is 0 Å². The number of nitrogens with zero attached hydrogens (tertiary/aromatic N) is 2. The molecule has 1 atom stereocenters. The molecule has 0 aromatic carbocycles. The number of aliphatic hydroxyl groups is 1. The quantitative estimate of drug-likeness (QED) is 0.873. The van der Waals surface area contributed by atoms with E-state index in [-0.39, 0.29) is 18.6 Å². The van der Waals surface area contributed by atoms with Crippen molar-refractivity contribution in [2.75, 3.05) is 13.6 Å². The highest BCUT2D eigenvalue weighted by Gasteiger charge is 2.23. The van der Waals surface area contributed by atoms with E-state index >= 15 is 0 Å². The zero-order valence-electron chi connectivity index (χ0n) is 12.4. The first-order valence-electron chi connectivity index (χ1n) is 6.28. The molecule has 0 spiro atoms. The number of amides is 2. The summed E-state index contributed by atoms with van der Waals surface area (Å²) in [6.07, 6.45) is 0. The van der Waals surface area contributed by atoms with E-state index in [0.717, 1.165) is 11.3 Å². The molecule has 108 valence electrons. The Bertz CT molecular complexity index is 429. The number of hydrogen-bond acceptors (Lipinski definition) is 4. The molecule has 0 saturated carbocycles. The van der Waals surface area contributed by atoms with E-state index < -0.39 is 5.60 Å². The van der Waals surface area contributed by atoms with Crippen molar-refractivity contribution >= 4 is 6.03 Å². The molecule has 0 aliphatic carbocycles. The maximum atomic E-state index is 12.0. The van der Waals surface area contributed by atoms with Crippen LogP contribution >= 0.6 is 0 Å². The van der Waals surface area contributed by atoms with Gasteiger partial charge in [-0.2, -0.15) is 0 Å². The molecule has 0 bridgehead atoms. The molecular formula is C13H23N3O3. The summed E-state index contributed by atoms with van der Waals surface area (Å²) in [6.45, 7) is 9.12. The molecule has 0 saturated heterocycles. The number of rotatable bonds is 4. The molecule has 2 N–H and O–H groups in total. The van der Waals surface area contributed by atoms with Gasteiger partial charge in [-0.25, -0.2) is 4.79 Å². The summed E-state index contributed by atoms with van der Waals surface area (Å²) in [5.41, 5.74) is 0.749. The topological polar surface area (TPSA) is 78.6 Å². The van der Waals surface area contributed by atoms with Crippen molar-refractivity contribution in [3.05, 3.63) is 17.0 Å². The van der Waals surface area contributed by atoms with Crippen LogP contribution in [0.3, 0.4) is 0 Å². The van der Waals surface area contributed by atoms with Gasteiger partial charge in [-0.3, -0.25) is 0 Å². The highest BCUT2D eigenvalue weighted by molar-refractivity contribution is 5.74. The van der Waals surface area contributed by atoms with E-state index in [0.29, 0.717) is 5.76 Å². The number of aryl methyl sites for hydroxylation is 2. The Morgan fingerprint density at radius 3 is 2.53 bits per heavy atom. The van der Waals surface area contributed by atoms with Crippen molar-refractivity contribution in [2.45, 2.75) is 46.3 Å². The van der Waals surface area contributed by atoms with Crippen LogP contribution in [0, 0.1) is 13.8 Å². The van der Waals surface area contributed by atoms with Gasteiger partial charge in [0.25, 0.3) is 0 Å². The van der Waals surface area contributed by atoms with Crippen LogP contribution in [0.25, 0.3) is 0 Å². The minimum absolute atomic E-state index is 0.192.